The van der Waals surface area contributed by atoms with Gasteiger partial charge >= 0.3 is 5.97 Å². The smallest absolute Gasteiger partial charge is 0.353 e. The summed E-state index contributed by atoms with van der Waals surface area (Å²) < 4.78 is 29.5. The molecule has 1 aromatic heterocycles. The SMILES string of the molecule is Cc1ccc(S(=O)(=O)N/N=C/c2ccc(OC(=O)c3cccs3)cc2)cc1. The van der Waals surface area contributed by atoms with Gasteiger partial charge < -0.3 is 4.74 Å². The number of nitrogens with one attached hydrogen (secondary N) is 1. The Kier molecular flexibility index (Phi) is 5.68. The molecule has 2 aromatic carbocycles. The maximum atomic E-state index is 12.1. The summed E-state index contributed by atoms with van der Waals surface area (Å²) in [4.78, 5) is 14.7. The molecule has 138 valence electrons. The molecule has 1 heterocycles. The second kappa shape index (κ2) is 8.15. The molecule has 0 saturated heterocycles. The van der Waals surface area contributed by atoms with Crippen LogP contribution in [0.25, 0.3) is 0 Å². The van der Waals surface area contributed by atoms with Gasteiger partial charge in [-0.05, 0) is 60.3 Å². The number of aryl methyl sites for hydroxylation is 1. The third kappa shape index (κ3) is 5.02. The van der Waals surface area contributed by atoms with Crippen molar-refractivity contribution in [3.8, 4) is 5.75 Å². The predicted molar refractivity (Wildman–Crippen MR) is 105 cm³/mol. The number of hydrogen-bond donors (Lipinski definition) is 1. The minimum Gasteiger partial charge on any atom is -0.422 e. The highest BCUT2D eigenvalue weighted by Crippen LogP contribution is 2.16. The fraction of sp³-hybridized carbons (Fsp3) is 0.0526. The van der Waals surface area contributed by atoms with E-state index in [9.17, 15) is 13.2 Å². The van der Waals surface area contributed by atoms with Crippen LogP contribution < -0.4 is 9.57 Å². The number of rotatable bonds is 6. The van der Waals surface area contributed by atoms with E-state index in [1.807, 2.05) is 6.92 Å². The Balaban J connectivity index is 1.60. The maximum Gasteiger partial charge on any atom is 0.353 e. The number of hydrogen-bond acceptors (Lipinski definition) is 6. The molecular formula is C19H16N2O4S2. The molecule has 0 radical (unpaired) electrons. The number of hydrazone groups is 1. The standard InChI is InChI=1S/C19H16N2O4S2/c1-14-4-10-17(11-5-14)27(23,24)21-20-13-15-6-8-16(9-7-15)25-19(22)18-3-2-12-26-18/h2-13,21H,1H3/b20-13+. The fourth-order valence-electron chi connectivity index (χ4n) is 2.11. The summed E-state index contributed by atoms with van der Waals surface area (Å²) >= 11 is 1.30. The van der Waals surface area contributed by atoms with Gasteiger partial charge in [0.05, 0.1) is 11.1 Å². The van der Waals surface area contributed by atoms with Gasteiger partial charge in [0, 0.05) is 0 Å². The lowest BCUT2D eigenvalue weighted by Gasteiger charge is -2.04. The molecule has 0 unspecified atom stereocenters. The van der Waals surface area contributed by atoms with Gasteiger partial charge in [0.15, 0.2) is 0 Å². The number of benzene rings is 2. The van der Waals surface area contributed by atoms with Crippen LogP contribution in [0.1, 0.15) is 20.8 Å². The number of carbonyl (C=O) groups is 1. The average molecular weight is 400 g/mol. The Hall–Kier alpha value is -2.97. The first-order chi connectivity index (χ1) is 12.9. The highest BCUT2D eigenvalue weighted by molar-refractivity contribution is 7.89. The summed E-state index contributed by atoms with van der Waals surface area (Å²) in [7, 11) is -3.71. The molecule has 0 saturated carbocycles. The van der Waals surface area contributed by atoms with Gasteiger partial charge in [0.1, 0.15) is 10.6 Å². The van der Waals surface area contributed by atoms with Gasteiger partial charge in [0.2, 0.25) is 0 Å². The van der Waals surface area contributed by atoms with Crippen molar-refractivity contribution in [2.24, 2.45) is 5.10 Å². The number of esters is 1. The average Bonchev–Trinajstić information content (AvgIpc) is 3.18. The largest absolute Gasteiger partial charge is 0.422 e. The van der Waals surface area contributed by atoms with Crippen molar-refractivity contribution in [1.29, 1.82) is 0 Å². The Bertz CT molecular complexity index is 1040. The fourth-order valence-corrected chi connectivity index (χ4v) is 3.50. The maximum absolute atomic E-state index is 12.1. The van der Waals surface area contributed by atoms with Crippen molar-refractivity contribution in [3.63, 3.8) is 0 Å². The van der Waals surface area contributed by atoms with Crippen LogP contribution in [-0.4, -0.2) is 20.6 Å². The van der Waals surface area contributed by atoms with Crippen molar-refractivity contribution >= 4 is 33.5 Å². The molecule has 6 nitrogen and oxygen atoms in total. The first kappa shape index (κ1) is 18.8. The van der Waals surface area contributed by atoms with E-state index in [2.05, 4.69) is 9.93 Å². The zero-order valence-corrected chi connectivity index (χ0v) is 16.0. The summed E-state index contributed by atoms with van der Waals surface area (Å²) in [5.74, 6) is -0.0249. The second-order valence-electron chi connectivity index (χ2n) is 5.60. The molecule has 0 aliphatic heterocycles. The molecule has 0 spiro atoms. The number of sulfonamides is 1. The van der Waals surface area contributed by atoms with E-state index < -0.39 is 16.0 Å². The van der Waals surface area contributed by atoms with Gasteiger partial charge in [-0.3, -0.25) is 0 Å². The molecule has 0 bridgehead atoms. The number of carbonyl (C=O) groups excluding carboxylic acids is 1. The molecule has 8 heteroatoms. The van der Waals surface area contributed by atoms with E-state index >= 15 is 0 Å². The van der Waals surface area contributed by atoms with Gasteiger partial charge in [-0.25, -0.2) is 9.63 Å². The minimum absolute atomic E-state index is 0.140. The van der Waals surface area contributed by atoms with E-state index in [1.54, 1.807) is 53.9 Å². The van der Waals surface area contributed by atoms with E-state index in [-0.39, 0.29) is 4.90 Å². The van der Waals surface area contributed by atoms with Gasteiger partial charge in [-0.1, -0.05) is 23.8 Å². The molecule has 27 heavy (non-hydrogen) atoms. The van der Waals surface area contributed by atoms with E-state index in [0.29, 0.717) is 16.2 Å². The summed E-state index contributed by atoms with van der Waals surface area (Å²) in [5, 5.41) is 5.57. The molecule has 0 fully saturated rings. The van der Waals surface area contributed by atoms with Gasteiger partial charge in [0.25, 0.3) is 10.0 Å². The normalized spacial score (nSPS) is 11.4. The van der Waals surface area contributed by atoms with Crippen LogP contribution in [0.5, 0.6) is 5.75 Å². The lowest BCUT2D eigenvalue weighted by Crippen LogP contribution is -2.18. The summed E-state index contributed by atoms with van der Waals surface area (Å²) in [6.07, 6.45) is 1.37. The van der Waals surface area contributed by atoms with Crippen molar-refractivity contribution < 1.29 is 17.9 Å². The van der Waals surface area contributed by atoms with Gasteiger partial charge in [-0.2, -0.15) is 13.5 Å². The Labute approximate surface area is 161 Å². The molecule has 0 atom stereocenters. The monoisotopic (exact) mass is 400 g/mol. The van der Waals surface area contributed by atoms with E-state index in [1.165, 1.54) is 29.7 Å². The molecule has 0 aliphatic carbocycles. The summed E-state index contributed by atoms with van der Waals surface area (Å²) in [6.45, 7) is 1.88. The van der Waals surface area contributed by atoms with Crippen LogP contribution in [0.3, 0.4) is 0 Å². The van der Waals surface area contributed by atoms with Gasteiger partial charge in [-0.15, -0.1) is 11.3 Å². The zero-order valence-electron chi connectivity index (χ0n) is 14.3. The van der Waals surface area contributed by atoms with Crippen molar-refractivity contribution in [2.45, 2.75) is 11.8 Å². The molecule has 0 amide bonds. The van der Waals surface area contributed by atoms with Crippen LogP contribution >= 0.6 is 11.3 Å². The second-order valence-corrected chi connectivity index (χ2v) is 8.21. The molecule has 3 aromatic rings. The molecule has 0 aliphatic rings. The predicted octanol–water partition coefficient (Wildman–Crippen LogP) is 3.59. The van der Waals surface area contributed by atoms with Crippen LogP contribution in [0.4, 0.5) is 0 Å². The minimum atomic E-state index is -3.71. The van der Waals surface area contributed by atoms with Crippen LogP contribution in [0.15, 0.2) is 76.0 Å². The first-order valence-corrected chi connectivity index (χ1v) is 10.3. The van der Waals surface area contributed by atoms with Crippen LogP contribution in [0.2, 0.25) is 0 Å². The highest BCUT2D eigenvalue weighted by Gasteiger charge is 2.12. The zero-order chi connectivity index (χ0) is 19.3. The number of ether oxygens (including phenoxy) is 1. The van der Waals surface area contributed by atoms with Crippen molar-refractivity contribution in [3.05, 3.63) is 82.0 Å². The third-order valence-corrected chi connectivity index (χ3v) is 5.62. The highest BCUT2D eigenvalue weighted by atomic mass is 32.2. The third-order valence-electron chi connectivity index (χ3n) is 3.53. The summed E-state index contributed by atoms with van der Waals surface area (Å²) in [5.41, 5.74) is 1.62. The molecular weight excluding hydrogens is 384 g/mol. The van der Waals surface area contributed by atoms with E-state index in [4.69, 9.17) is 4.74 Å². The number of nitrogens with zero attached hydrogens (tertiary/aromatic N) is 1. The Morgan fingerprint density at radius 3 is 2.41 bits per heavy atom. The van der Waals surface area contributed by atoms with Crippen LogP contribution in [-0.2, 0) is 10.0 Å². The quantitative estimate of drug-likeness (QED) is 0.297. The summed E-state index contributed by atoms with van der Waals surface area (Å²) in [6, 6.07) is 16.5. The Morgan fingerprint density at radius 1 is 1.07 bits per heavy atom. The lowest BCUT2D eigenvalue weighted by atomic mass is 10.2. The van der Waals surface area contributed by atoms with Crippen molar-refractivity contribution in [1.82, 2.24) is 4.83 Å². The topological polar surface area (TPSA) is 84.8 Å². The molecule has 1 N–H and O–H groups in total. The molecule has 3 rings (SSSR count). The first-order valence-electron chi connectivity index (χ1n) is 7.91. The lowest BCUT2D eigenvalue weighted by molar-refractivity contribution is 0.0740. The van der Waals surface area contributed by atoms with Crippen LogP contribution in [0, 0.1) is 6.92 Å². The number of thiophene rings is 1. The van der Waals surface area contributed by atoms with Crippen molar-refractivity contribution in [2.75, 3.05) is 0 Å². The van der Waals surface area contributed by atoms with E-state index in [0.717, 1.165) is 5.56 Å². The Morgan fingerprint density at radius 2 is 1.78 bits per heavy atom.